The summed E-state index contributed by atoms with van der Waals surface area (Å²) in [7, 11) is 1.89. The number of carbonyl (C=O) groups is 1. The number of hydrogen-bond acceptors (Lipinski definition) is 4. The molecule has 0 aliphatic rings. The van der Waals surface area contributed by atoms with Crippen molar-refractivity contribution in [2.75, 3.05) is 0 Å². The number of nitrogens with one attached hydrogen (secondary N) is 1. The summed E-state index contributed by atoms with van der Waals surface area (Å²) in [6.07, 6.45) is 1.66. The Balaban J connectivity index is 2.04. The van der Waals surface area contributed by atoms with Crippen molar-refractivity contribution in [2.24, 2.45) is 7.05 Å². The van der Waals surface area contributed by atoms with Crippen molar-refractivity contribution in [1.29, 1.82) is 0 Å². The van der Waals surface area contributed by atoms with Crippen LogP contribution in [0.2, 0.25) is 0 Å². The maximum atomic E-state index is 10.9. The van der Waals surface area contributed by atoms with E-state index >= 15 is 0 Å². The SMILES string of the molecule is CC(NCc1ccc(C(=O)O)cc1Br)c1nncn1C. The molecule has 1 aromatic heterocycles. The number of aromatic carboxylic acids is 1. The molecule has 0 radical (unpaired) electrons. The predicted molar refractivity (Wildman–Crippen MR) is 77.4 cm³/mol. The molecule has 106 valence electrons. The number of aryl methyl sites for hydroxylation is 1. The van der Waals surface area contributed by atoms with Crippen LogP contribution in [0.4, 0.5) is 0 Å². The summed E-state index contributed by atoms with van der Waals surface area (Å²) in [5, 5.41) is 20.1. The first-order chi connectivity index (χ1) is 9.49. The van der Waals surface area contributed by atoms with Gasteiger partial charge in [0.25, 0.3) is 0 Å². The summed E-state index contributed by atoms with van der Waals surface area (Å²) in [4.78, 5) is 10.9. The van der Waals surface area contributed by atoms with Crippen LogP contribution < -0.4 is 5.32 Å². The molecule has 0 spiro atoms. The van der Waals surface area contributed by atoms with Gasteiger partial charge >= 0.3 is 5.97 Å². The quantitative estimate of drug-likeness (QED) is 0.872. The molecule has 2 aromatic rings. The van der Waals surface area contributed by atoms with E-state index in [4.69, 9.17) is 5.11 Å². The number of rotatable bonds is 5. The van der Waals surface area contributed by atoms with Crippen molar-refractivity contribution in [3.05, 3.63) is 46.0 Å². The second-order valence-electron chi connectivity index (χ2n) is 4.51. The molecule has 0 aliphatic carbocycles. The first-order valence-electron chi connectivity index (χ1n) is 6.08. The summed E-state index contributed by atoms with van der Waals surface area (Å²) in [6.45, 7) is 2.61. The standard InChI is InChI=1S/C13H15BrN4O2/c1-8(12-17-16-7-18(12)2)15-6-10-4-3-9(13(19)20)5-11(10)14/h3-5,7-8,15H,6H2,1-2H3,(H,19,20). The van der Waals surface area contributed by atoms with Crippen molar-refractivity contribution in [1.82, 2.24) is 20.1 Å². The fourth-order valence-corrected chi connectivity index (χ4v) is 2.38. The molecule has 0 fully saturated rings. The summed E-state index contributed by atoms with van der Waals surface area (Å²) in [6, 6.07) is 5.04. The van der Waals surface area contributed by atoms with Crippen LogP contribution in [0.1, 0.15) is 34.7 Å². The minimum Gasteiger partial charge on any atom is -0.478 e. The lowest BCUT2D eigenvalue weighted by Gasteiger charge is -2.14. The van der Waals surface area contributed by atoms with Crippen LogP contribution in [-0.2, 0) is 13.6 Å². The lowest BCUT2D eigenvalue weighted by molar-refractivity contribution is 0.0697. The molecule has 0 bridgehead atoms. The van der Waals surface area contributed by atoms with Gasteiger partial charge in [0.15, 0.2) is 0 Å². The van der Waals surface area contributed by atoms with Crippen LogP contribution in [0.25, 0.3) is 0 Å². The van der Waals surface area contributed by atoms with Crippen molar-refractivity contribution >= 4 is 21.9 Å². The number of nitrogens with zero attached hydrogens (tertiary/aromatic N) is 3. The number of aromatic nitrogens is 3. The van der Waals surface area contributed by atoms with Gasteiger partial charge < -0.3 is 15.0 Å². The molecule has 0 aliphatic heterocycles. The lowest BCUT2D eigenvalue weighted by Crippen LogP contribution is -2.21. The molecule has 0 saturated heterocycles. The smallest absolute Gasteiger partial charge is 0.335 e. The predicted octanol–water partition coefficient (Wildman–Crippen LogP) is 2.13. The van der Waals surface area contributed by atoms with Crippen molar-refractivity contribution in [3.8, 4) is 0 Å². The average Bonchev–Trinajstić information content (AvgIpc) is 2.83. The largest absolute Gasteiger partial charge is 0.478 e. The Kier molecular flexibility index (Phi) is 4.51. The van der Waals surface area contributed by atoms with Crippen molar-refractivity contribution < 1.29 is 9.90 Å². The molecule has 0 amide bonds. The third kappa shape index (κ3) is 3.23. The molecular formula is C13H15BrN4O2. The highest BCUT2D eigenvalue weighted by molar-refractivity contribution is 9.10. The van der Waals surface area contributed by atoms with Gasteiger partial charge in [-0.2, -0.15) is 0 Å². The van der Waals surface area contributed by atoms with Gasteiger partial charge in [-0.1, -0.05) is 22.0 Å². The van der Waals surface area contributed by atoms with Gasteiger partial charge in [0.1, 0.15) is 12.2 Å². The van der Waals surface area contributed by atoms with E-state index in [1.165, 1.54) is 0 Å². The summed E-state index contributed by atoms with van der Waals surface area (Å²) in [5.74, 6) is -0.0825. The van der Waals surface area contributed by atoms with Gasteiger partial charge in [-0.15, -0.1) is 10.2 Å². The zero-order valence-electron chi connectivity index (χ0n) is 11.2. The van der Waals surface area contributed by atoms with E-state index < -0.39 is 5.97 Å². The van der Waals surface area contributed by atoms with E-state index in [0.29, 0.717) is 6.54 Å². The average molecular weight is 339 g/mol. The van der Waals surface area contributed by atoms with Crippen LogP contribution in [-0.4, -0.2) is 25.8 Å². The highest BCUT2D eigenvalue weighted by Gasteiger charge is 2.12. The van der Waals surface area contributed by atoms with Gasteiger partial charge in [0.2, 0.25) is 0 Å². The van der Waals surface area contributed by atoms with E-state index in [2.05, 4.69) is 31.4 Å². The number of halogens is 1. The molecule has 1 atom stereocenters. The summed E-state index contributed by atoms with van der Waals surface area (Å²) < 4.78 is 2.63. The van der Waals surface area contributed by atoms with Crippen molar-refractivity contribution in [2.45, 2.75) is 19.5 Å². The highest BCUT2D eigenvalue weighted by atomic mass is 79.9. The molecule has 1 unspecified atom stereocenters. The Morgan fingerprint density at radius 2 is 2.30 bits per heavy atom. The summed E-state index contributed by atoms with van der Waals surface area (Å²) >= 11 is 3.39. The molecule has 1 aromatic carbocycles. The molecule has 2 rings (SSSR count). The maximum Gasteiger partial charge on any atom is 0.335 e. The minimum atomic E-state index is -0.933. The Morgan fingerprint density at radius 3 is 2.85 bits per heavy atom. The Labute approximate surface area is 125 Å². The molecule has 20 heavy (non-hydrogen) atoms. The van der Waals surface area contributed by atoms with Gasteiger partial charge in [0.05, 0.1) is 11.6 Å². The molecule has 2 N–H and O–H groups in total. The van der Waals surface area contributed by atoms with Crippen LogP contribution in [0.5, 0.6) is 0 Å². The molecule has 1 heterocycles. The number of benzene rings is 1. The van der Waals surface area contributed by atoms with Gasteiger partial charge in [-0.25, -0.2) is 4.79 Å². The van der Waals surface area contributed by atoms with Crippen LogP contribution in [0.3, 0.4) is 0 Å². The zero-order chi connectivity index (χ0) is 14.7. The number of carboxylic acids is 1. The van der Waals surface area contributed by atoms with E-state index in [1.807, 2.05) is 18.5 Å². The lowest BCUT2D eigenvalue weighted by atomic mass is 10.1. The molecule has 7 heteroatoms. The molecular weight excluding hydrogens is 324 g/mol. The third-order valence-corrected chi connectivity index (χ3v) is 3.77. The molecule has 6 nitrogen and oxygen atoms in total. The summed E-state index contributed by atoms with van der Waals surface area (Å²) in [5.41, 5.74) is 1.26. The first-order valence-corrected chi connectivity index (χ1v) is 6.87. The minimum absolute atomic E-state index is 0.0496. The highest BCUT2D eigenvalue weighted by Crippen LogP contribution is 2.19. The van der Waals surface area contributed by atoms with Crippen molar-refractivity contribution in [3.63, 3.8) is 0 Å². The van der Waals surface area contributed by atoms with Gasteiger partial charge in [-0.3, -0.25) is 0 Å². The fourth-order valence-electron chi connectivity index (χ4n) is 1.86. The fraction of sp³-hybridized carbons (Fsp3) is 0.308. The Bertz CT molecular complexity index is 627. The second kappa shape index (κ2) is 6.15. The van der Waals surface area contributed by atoms with E-state index in [0.717, 1.165) is 15.9 Å². The molecule has 0 saturated carbocycles. The van der Waals surface area contributed by atoms with Crippen LogP contribution in [0.15, 0.2) is 29.0 Å². The Hall–Kier alpha value is -1.73. The van der Waals surface area contributed by atoms with Crippen LogP contribution in [0, 0.1) is 0 Å². The van der Waals surface area contributed by atoms with Gasteiger partial charge in [-0.05, 0) is 24.6 Å². The monoisotopic (exact) mass is 338 g/mol. The van der Waals surface area contributed by atoms with E-state index in [1.54, 1.807) is 24.5 Å². The normalized spacial score (nSPS) is 12.3. The maximum absolute atomic E-state index is 10.9. The van der Waals surface area contributed by atoms with Gasteiger partial charge in [0, 0.05) is 18.1 Å². The second-order valence-corrected chi connectivity index (χ2v) is 5.37. The first kappa shape index (κ1) is 14.7. The van der Waals surface area contributed by atoms with E-state index in [9.17, 15) is 4.79 Å². The number of carboxylic acid groups (broad SMARTS) is 1. The Morgan fingerprint density at radius 1 is 1.55 bits per heavy atom. The van der Waals surface area contributed by atoms with Crippen LogP contribution >= 0.6 is 15.9 Å². The topological polar surface area (TPSA) is 80.0 Å². The zero-order valence-corrected chi connectivity index (χ0v) is 12.8. The van der Waals surface area contributed by atoms with E-state index in [-0.39, 0.29) is 11.6 Å². The third-order valence-electron chi connectivity index (χ3n) is 3.03. The number of hydrogen-bond donors (Lipinski definition) is 2.